The number of benzene rings is 1. The SMILES string of the molecule is CC(C)CNC(=O)C(C)OC(=O)c1ccc(Cl)c([N+](=O)[O-])c1. The first kappa shape index (κ1) is 17.9. The number of hydrogen-bond acceptors (Lipinski definition) is 5. The number of nitro benzene ring substituents is 1. The van der Waals surface area contributed by atoms with Crippen molar-refractivity contribution in [1.82, 2.24) is 5.32 Å². The van der Waals surface area contributed by atoms with Gasteiger partial charge in [0.05, 0.1) is 10.5 Å². The second-order valence-electron chi connectivity index (χ2n) is 5.11. The van der Waals surface area contributed by atoms with Crippen LogP contribution in [0.15, 0.2) is 18.2 Å². The first-order chi connectivity index (χ1) is 10.2. The molecule has 0 aliphatic rings. The minimum Gasteiger partial charge on any atom is -0.449 e. The zero-order valence-corrected chi connectivity index (χ0v) is 13.2. The first-order valence-corrected chi connectivity index (χ1v) is 7.02. The molecule has 7 nitrogen and oxygen atoms in total. The topological polar surface area (TPSA) is 98.5 Å². The Hall–Kier alpha value is -2.15. The van der Waals surface area contributed by atoms with Crippen LogP contribution in [-0.2, 0) is 9.53 Å². The van der Waals surface area contributed by atoms with Gasteiger partial charge in [0.2, 0.25) is 0 Å². The molecule has 1 N–H and O–H groups in total. The smallest absolute Gasteiger partial charge is 0.339 e. The van der Waals surface area contributed by atoms with Gasteiger partial charge in [-0.2, -0.15) is 0 Å². The Morgan fingerprint density at radius 3 is 2.55 bits per heavy atom. The van der Waals surface area contributed by atoms with Crippen molar-refractivity contribution >= 4 is 29.2 Å². The van der Waals surface area contributed by atoms with E-state index in [1.54, 1.807) is 0 Å². The van der Waals surface area contributed by atoms with Crippen molar-refractivity contribution in [2.24, 2.45) is 5.92 Å². The number of hydrogen-bond donors (Lipinski definition) is 1. The van der Waals surface area contributed by atoms with Crippen molar-refractivity contribution in [3.63, 3.8) is 0 Å². The molecule has 0 spiro atoms. The molecular weight excluding hydrogens is 312 g/mol. The van der Waals surface area contributed by atoms with Crippen molar-refractivity contribution in [2.45, 2.75) is 26.9 Å². The molecule has 0 aliphatic heterocycles. The Morgan fingerprint density at radius 2 is 2.00 bits per heavy atom. The highest BCUT2D eigenvalue weighted by Gasteiger charge is 2.21. The highest BCUT2D eigenvalue weighted by atomic mass is 35.5. The molecule has 1 amide bonds. The van der Waals surface area contributed by atoms with E-state index in [0.29, 0.717) is 6.54 Å². The van der Waals surface area contributed by atoms with E-state index in [2.05, 4.69) is 5.32 Å². The summed E-state index contributed by atoms with van der Waals surface area (Å²) in [5, 5.41) is 13.3. The maximum atomic E-state index is 11.9. The largest absolute Gasteiger partial charge is 0.449 e. The van der Waals surface area contributed by atoms with E-state index in [0.717, 1.165) is 6.07 Å². The van der Waals surface area contributed by atoms with Gasteiger partial charge in [-0.15, -0.1) is 0 Å². The number of esters is 1. The van der Waals surface area contributed by atoms with Crippen LogP contribution in [0.25, 0.3) is 0 Å². The predicted octanol–water partition coefficient (Wildman–Crippen LogP) is 2.57. The predicted molar refractivity (Wildman–Crippen MR) is 80.8 cm³/mol. The molecule has 8 heteroatoms. The first-order valence-electron chi connectivity index (χ1n) is 6.65. The Kier molecular flexibility index (Phi) is 6.30. The number of nitrogens with one attached hydrogen (secondary N) is 1. The maximum absolute atomic E-state index is 11.9. The van der Waals surface area contributed by atoms with Gasteiger partial charge in [-0.3, -0.25) is 14.9 Å². The average molecular weight is 329 g/mol. The highest BCUT2D eigenvalue weighted by Crippen LogP contribution is 2.25. The third-order valence-electron chi connectivity index (χ3n) is 2.72. The summed E-state index contributed by atoms with van der Waals surface area (Å²) in [6.07, 6.45) is -0.999. The van der Waals surface area contributed by atoms with Crippen LogP contribution in [0.2, 0.25) is 5.02 Å². The minimum atomic E-state index is -0.999. The van der Waals surface area contributed by atoms with Crippen LogP contribution in [0.3, 0.4) is 0 Å². The number of ether oxygens (including phenoxy) is 1. The van der Waals surface area contributed by atoms with Crippen molar-refractivity contribution in [1.29, 1.82) is 0 Å². The van der Waals surface area contributed by atoms with Crippen LogP contribution in [0, 0.1) is 16.0 Å². The summed E-state index contributed by atoms with van der Waals surface area (Å²) in [5.41, 5.74) is -0.437. The Labute approximate surface area is 132 Å². The molecule has 120 valence electrons. The molecule has 0 bridgehead atoms. The van der Waals surface area contributed by atoms with Gasteiger partial charge in [-0.05, 0) is 25.0 Å². The van der Waals surface area contributed by atoms with Crippen LogP contribution in [0.5, 0.6) is 0 Å². The van der Waals surface area contributed by atoms with E-state index in [-0.39, 0.29) is 16.5 Å². The van der Waals surface area contributed by atoms with E-state index >= 15 is 0 Å². The summed E-state index contributed by atoms with van der Waals surface area (Å²) in [6.45, 7) is 5.76. The standard InChI is InChI=1S/C14H17ClN2O5/c1-8(2)7-16-13(18)9(3)22-14(19)10-4-5-11(15)12(6-10)17(20)21/h4-6,8-9H,7H2,1-3H3,(H,16,18). The lowest BCUT2D eigenvalue weighted by Crippen LogP contribution is -2.37. The fraction of sp³-hybridized carbons (Fsp3) is 0.429. The molecule has 0 radical (unpaired) electrons. The van der Waals surface area contributed by atoms with Gasteiger partial charge in [0.25, 0.3) is 11.6 Å². The number of amides is 1. The zero-order valence-electron chi connectivity index (χ0n) is 12.5. The third-order valence-corrected chi connectivity index (χ3v) is 3.04. The van der Waals surface area contributed by atoms with Crippen LogP contribution in [-0.4, -0.2) is 29.4 Å². The molecule has 0 saturated carbocycles. The molecule has 0 aliphatic carbocycles. The number of nitrogens with zero attached hydrogens (tertiary/aromatic N) is 1. The Balaban J connectivity index is 2.74. The Morgan fingerprint density at radius 1 is 1.36 bits per heavy atom. The van der Waals surface area contributed by atoms with Crippen LogP contribution in [0.4, 0.5) is 5.69 Å². The third kappa shape index (κ3) is 5.00. The van der Waals surface area contributed by atoms with E-state index in [1.165, 1.54) is 19.1 Å². The van der Waals surface area contributed by atoms with Gasteiger partial charge in [0.15, 0.2) is 6.10 Å². The fourth-order valence-corrected chi connectivity index (χ4v) is 1.70. The average Bonchev–Trinajstić information content (AvgIpc) is 2.44. The van der Waals surface area contributed by atoms with Crippen molar-refractivity contribution in [2.75, 3.05) is 6.54 Å². The molecule has 1 atom stereocenters. The number of carbonyl (C=O) groups is 2. The number of carbonyl (C=O) groups excluding carboxylic acids is 2. The summed E-state index contributed by atoms with van der Waals surface area (Å²) in [5.74, 6) is -0.983. The van der Waals surface area contributed by atoms with Crippen molar-refractivity contribution < 1.29 is 19.2 Å². The van der Waals surface area contributed by atoms with E-state index in [1.807, 2.05) is 13.8 Å². The number of nitro groups is 1. The zero-order chi connectivity index (χ0) is 16.9. The maximum Gasteiger partial charge on any atom is 0.339 e. The van der Waals surface area contributed by atoms with Crippen molar-refractivity contribution in [3.8, 4) is 0 Å². The molecular formula is C14H17ClN2O5. The fourth-order valence-electron chi connectivity index (χ4n) is 1.51. The molecule has 0 aromatic heterocycles. The molecule has 1 aromatic carbocycles. The van der Waals surface area contributed by atoms with E-state index in [4.69, 9.17) is 16.3 Å². The van der Waals surface area contributed by atoms with E-state index in [9.17, 15) is 19.7 Å². The van der Waals surface area contributed by atoms with Gasteiger partial charge in [0, 0.05) is 12.6 Å². The quantitative estimate of drug-likeness (QED) is 0.491. The highest BCUT2D eigenvalue weighted by molar-refractivity contribution is 6.32. The van der Waals surface area contributed by atoms with Crippen molar-refractivity contribution in [3.05, 3.63) is 38.9 Å². The molecule has 22 heavy (non-hydrogen) atoms. The number of halogens is 1. The summed E-state index contributed by atoms with van der Waals surface area (Å²) in [7, 11) is 0. The molecule has 0 heterocycles. The summed E-state index contributed by atoms with van der Waals surface area (Å²) < 4.78 is 4.99. The Bertz CT molecular complexity index is 589. The number of rotatable bonds is 6. The van der Waals surface area contributed by atoms with Gasteiger partial charge in [-0.1, -0.05) is 25.4 Å². The van der Waals surface area contributed by atoms with Gasteiger partial charge in [-0.25, -0.2) is 4.79 Å². The lowest BCUT2D eigenvalue weighted by atomic mass is 10.2. The summed E-state index contributed by atoms with van der Waals surface area (Å²) in [6, 6.07) is 3.56. The summed E-state index contributed by atoms with van der Waals surface area (Å²) in [4.78, 5) is 33.7. The molecule has 1 aromatic rings. The normalized spacial score (nSPS) is 11.9. The second kappa shape index (κ2) is 7.74. The van der Waals surface area contributed by atoms with Crippen LogP contribution < -0.4 is 5.32 Å². The minimum absolute atomic E-state index is 0.0420. The lowest BCUT2D eigenvalue weighted by molar-refractivity contribution is -0.384. The van der Waals surface area contributed by atoms with Crippen LogP contribution in [0.1, 0.15) is 31.1 Å². The monoisotopic (exact) mass is 328 g/mol. The molecule has 0 saturated heterocycles. The van der Waals surface area contributed by atoms with Gasteiger partial charge < -0.3 is 10.1 Å². The van der Waals surface area contributed by atoms with Gasteiger partial charge in [0.1, 0.15) is 5.02 Å². The molecule has 1 unspecified atom stereocenters. The molecule has 1 rings (SSSR count). The van der Waals surface area contributed by atoms with Gasteiger partial charge >= 0.3 is 5.97 Å². The molecule has 0 fully saturated rings. The van der Waals surface area contributed by atoms with E-state index < -0.39 is 28.6 Å². The summed E-state index contributed by atoms with van der Waals surface area (Å²) >= 11 is 5.67. The lowest BCUT2D eigenvalue weighted by Gasteiger charge is -2.14. The second-order valence-corrected chi connectivity index (χ2v) is 5.52. The van der Waals surface area contributed by atoms with Crippen LogP contribution >= 0.6 is 11.6 Å².